The van der Waals surface area contributed by atoms with Gasteiger partial charge in [0.2, 0.25) is 0 Å². The van der Waals surface area contributed by atoms with E-state index in [1.807, 2.05) is 6.92 Å². The molecule has 0 heterocycles. The fraction of sp³-hybridized carbons (Fsp3) is 1.00. The summed E-state index contributed by atoms with van der Waals surface area (Å²) in [5.41, 5.74) is 0. The van der Waals surface area contributed by atoms with Crippen LogP contribution in [0.2, 0.25) is 0 Å². The standard InChI is InChI=1S/C16H32O3S/c1-4-14-11-9-7-6-8-10-12-15(13-14)16(3,5-2)20(17,18)19/h14-15H,4-13H2,1-3H3,(H,17,18,19). The van der Waals surface area contributed by atoms with Crippen molar-refractivity contribution in [3.8, 4) is 0 Å². The lowest BCUT2D eigenvalue weighted by Gasteiger charge is -2.37. The van der Waals surface area contributed by atoms with Crippen LogP contribution in [0.25, 0.3) is 0 Å². The molecule has 1 aliphatic carbocycles. The lowest BCUT2D eigenvalue weighted by molar-refractivity contribution is 0.236. The van der Waals surface area contributed by atoms with E-state index in [-0.39, 0.29) is 5.92 Å². The Hall–Kier alpha value is -0.0900. The van der Waals surface area contributed by atoms with Crippen molar-refractivity contribution in [1.29, 1.82) is 0 Å². The van der Waals surface area contributed by atoms with Crippen LogP contribution in [0.5, 0.6) is 0 Å². The van der Waals surface area contributed by atoms with Crippen LogP contribution in [-0.4, -0.2) is 17.7 Å². The van der Waals surface area contributed by atoms with Gasteiger partial charge in [0.15, 0.2) is 0 Å². The molecule has 0 bridgehead atoms. The van der Waals surface area contributed by atoms with E-state index >= 15 is 0 Å². The van der Waals surface area contributed by atoms with E-state index in [0.717, 1.165) is 25.7 Å². The first-order chi connectivity index (χ1) is 9.35. The summed E-state index contributed by atoms with van der Waals surface area (Å²) < 4.78 is 32.5. The Bertz CT molecular complexity index is 377. The van der Waals surface area contributed by atoms with E-state index in [1.165, 1.54) is 32.1 Å². The van der Waals surface area contributed by atoms with Gasteiger partial charge in [0.25, 0.3) is 10.1 Å². The van der Waals surface area contributed by atoms with Gasteiger partial charge in [-0.05, 0) is 38.0 Å². The highest BCUT2D eigenvalue weighted by atomic mass is 32.2. The second-order valence-electron chi connectivity index (χ2n) is 6.69. The third kappa shape index (κ3) is 4.45. The van der Waals surface area contributed by atoms with E-state index in [9.17, 15) is 13.0 Å². The maximum Gasteiger partial charge on any atom is 0.270 e. The van der Waals surface area contributed by atoms with Crippen LogP contribution < -0.4 is 0 Å². The summed E-state index contributed by atoms with van der Waals surface area (Å²) in [6, 6.07) is 0. The molecule has 4 heteroatoms. The lowest BCUT2D eigenvalue weighted by atomic mass is 9.77. The van der Waals surface area contributed by atoms with Gasteiger partial charge in [-0.3, -0.25) is 4.55 Å². The molecule has 1 N–H and O–H groups in total. The highest BCUT2D eigenvalue weighted by Gasteiger charge is 2.43. The molecule has 0 radical (unpaired) electrons. The molecule has 0 amide bonds. The van der Waals surface area contributed by atoms with E-state index in [1.54, 1.807) is 6.92 Å². The van der Waals surface area contributed by atoms with Crippen LogP contribution >= 0.6 is 0 Å². The van der Waals surface area contributed by atoms with E-state index < -0.39 is 14.9 Å². The molecule has 0 spiro atoms. The number of hydrogen-bond donors (Lipinski definition) is 1. The molecule has 1 aliphatic rings. The van der Waals surface area contributed by atoms with Crippen molar-refractivity contribution in [3.05, 3.63) is 0 Å². The monoisotopic (exact) mass is 304 g/mol. The Balaban J connectivity index is 2.95. The molecule has 3 nitrogen and oxygen atoms in total. The maximum atomic E-state index is 11.9. The first-order valence-electron chi connectivity index (χ1n) is 8.32. The van der Waals surface area contributed by atoms with E-state index in [2.05, 4.69) is 6.92 Å². The second-order valence-corrected chi connectivity index (χ2v) is 8.58. The average Bonchev–Trinajstić information content (AvgIpc) is 2.41. The third-order valence-electron chi connectivity index (χ3n) is 5.52. The molecular weight excluding hydrogens is 272 g/mol. The molecule has 3 atom stereocenters. The zero-order valence-electron chi connectivity index (χ0n) is 13.4. The summed E-state index contributed by atoms with van der Waals surface area (Å²) in [4.78, 5) is 0. The summed E-state index contributed by atoms with van der Waals surface area (Å²) in [6.07, 6.45) is 10.8. The molecular formula is C16H32O3S. The van der Waals surface area contributed by atoms with Crippen molar-refractivity contribution in [1.82, 2.24) is 0 Å². The number of rotatable bonds is 4. The summed E-state index contributed by atoms with van der Waals surface area (Å²) in [7, 11) is -3.99. The molecule has 120 valence electrons. The van der Waals surface area contributed by atoms with Gasteiger partial charge in [-0.15, -0.1) is 0 Å². The first-order valence-corrected chi connectivity index (χ1v) is 9.76. The molecule has 0 aromatic carbocycles. The Kier molecular flexibility index (Phi) is 6.99. The molecule has 0 aromatic heterocycles. The summed E-state index contributed by atoms with van der Waals surface area (Å²) in [6.45, 7) is 5.82. The molecule has 0 aliphatic heterocycles. The highest BCUT2D eigenvalue weighted by molar-refractivity contribution is 7.87. The smallest absolute Gasteiger partial charge is 0.270 e. The Morgan fingerprint density at radius 2 is 1.60 bits per heavy atom. The molecule has 0 saturated heterocycles. The zero-order chi connectivity index (χ0) is 15.2. The second kappa shape index (κ2) is 7.79. The van der Waals surface area contributed by atoms with E-state index in [0.29, 0.717) is 12.3 Å². The first kappa shape index (κ1) is 18.0. The molecule has 3 unspecified atom stereocenters. The summed E-state index contributed by atoms with van der Waals surface area (Å²) in [5.74, 6) is 0.691. The topological polar surface area (TPSA) is 54.4 Å². The fourth-order valence-electron chi connectivity index (χ4n) is 3.60. The maximum absolute atomic E-state index is 11.9. The van der Waals surface area contributed by atoms with Gasteiger partial charge in [0, 0.05) is 0 Å². The van der Waals surface area contributed by atoms with Gasteiger partial charge in [-0.2, -0.15) is 8.42 Å². The minimum atomic E-state index is -3.99. The van der Waals surface area contributed by atoms with Crippen molar-refractivity contribution in [2.45, 2.75) is 89.7 Å². The molecule has 0 aromatic rings. The molecule has 1 rings (SSSR count). The van der Waals surface area contributed by atoms with Gasteiger partial charge < -0.3 is 0 Å². The molecule has 1 saturated carbocycles. The summed E-state index contributed by atoms with van der Waals surface area (Å²) in [5, 5.41) is 0. The van der Waals surface area contributed by atoms with Crippen LogP contribution in [0.3, 0.4) is 0 Å². The van der Waals surface area contributed by atoms with Crippen LogP contribution in [0.1, 0.15) is 85.0 Å². The minimum Gasteiger partial charge on any atom is -0.285 e. The minimum absolute atomic E-state index is 0.0885. The van der Waals surface area contributed by atoms with Gasteiger partial charge in [-0.1, -0.05) is 58.8 Å². The highest BCUT2D eigenvalue weighted by Crippen LogP contribution is 2.39. The molecule has 1 fully saturated rings. The number of hydrogen-bond acceptors (Lipinski definition) is 2. The Labute approximate surface area is 125 Å². The van der Waals surface area contributed by atoms with Crippen molar-refractivity contribution in [2.75, 3.05) is 0 Å². The predicted molar refractivity (Wildman–Crippen MR) is 84.5 cm³/mol. The Morgan fingerprint density at radius 1 is 1.05 bits per heavy atom. The van der Waals surface area contributed by atoms with Crippen molar-refractivity contribution in [3.63, 3.8) is 0 Å². The Morgan fingerprint density at radius 3 is 2.10 bits per heavy atom. The van der Waals surface area contributed by atoms with Crippen LogP contribution in [-0.2, 0) is 10.1 Å². The average molecular weight is 304 g/mol. The summed E-state index contributed by atoms with van der Waals surface area (Å²) >= 11 is 0. The normalized spacial score (nSPS) is 29.6. The van der Waals surface area contributed by atoms with Crippen molar-refractivity contribution in [2.24, 2.45) is 11.8 Å². The van der Waals surface area contributed by atoms with Gasteiger partial charge >= 0.3 is 0 Å². The van der Waals surface area contributed by atoms with Crippen LogP contribution in [0, 0.1) is 11.8 Å². The third-order valence-corrected chi connectivity index (χ3v) is 7.32. The van der Waals surface area contributed by atoms with Gasteiger partial charge in [0.05, 0.1) is 4.75 Å². The van der Waals surface area contributed by atoms with Crippen LogP contribution in [0.4, 0.5) is 0 Å². The SMILES string of the molecule is CCC1CCCCCCCC(C(C)(CC)S(=O)(=O)O)C1. The zero-order valence-corrected chi connectivity index (χ0v) is 14.2. The van der Waals surface area contributed by atoms with Gasteiger partial charge in [0.1, 0.15) is 0 Å². The van der Waals surface area contributed by atoms with Gasteiger partial charge in [-0.25, -0.2) is 0 Å². The molecule has 20 heavy (non-hydrogen) atoms. The quantitative estimate of drug-likeness (QED) is 0.758. The van der Waals surface area contributed by atoms with Crippen molar-refractivity contribution >= 4 is 10.1 Å². The fourth-order valence-corrected chi connectivity index (χ4v) is 4.60. The van der Waals surface area contributed by atoms with Crippen LogP contribution in [0.15, 0.2) is 0 Å². The van der Waals surface area contributed by atoms with Crippen molar-refractivity contribution < 1.29 is 13.0 Å². The lowest BCUT2D eigenvalue weighted by Crippen LogP contribution is -2.43. The largest absolute Gasteiger partial charge is 0.285 e. The predicted octanol–water partition coefficient (Wildman–Crippen LogP) is 4.82. The van der Waals surface area contributed by atoms with E-state index in [4.69, 9.17) is 0 Å².